The molecule has 154 valence electrons. The molecule has 2 amide bonds. The van der Waals surface area contributed by atoms with Crippen LogP contribution in [-0.2, 0) is 9.59 Å². The molecule has 1 saturated heterocycles. The molecule has 1 unspecified atom stereocenters. The number of ether oxygens (including phenoxy) is 1. The summed E-state index contributed by atoms with van der Waals surface area (Å²) in [4.78, 5) is 29.6. The van der Waals surface area contributed by atoms with Crippen molar-refractivity contribution in [3.63, 3.8) is 0 Å². The van der Waals surface area contributed by atoms with E-state index in [9.17, 15) is 9.59 Å². The molecule has 0 spiro atoms. The highest BCUT2D eigenvalue weighted by Gasteiger charge is 2.33. The Hall–Kier alpha value is -2.86. The van der Waals surface area contributed by atoms with E-state index in [0.29, 0.717) is 6.54 Å². The van der Waals surface area contributed by atoms with E-state index in [1.54, 1.807) is 12.0 Å². The van der Waals surface area contributed by atoms with Gasteiger partial charge in [-0.1, -0.05) is 18.2 Å². The Labute approximate surface area is 172 Å². The molecule has 1 fully saturated rings. The number of nitrogens with zero attached hydrogens (tertiary/aromatic N) is 2. The molecule has 6 heteroatoms. The third-order valence-electron chi connectivity index (χ3n) is 5.39. The molecule has 3 rings (SSSR count). The summed E-state index contributed by atoms with van der Waals surface area (Å²) in [5.41, 5.74) is 2.72. The second-order valence-electron chi connectivity index (χ2n) is 7.27. The Morgan fingerprint density at radius 3 is 2.55 bits per heavy atom. The van der Waals surface area contributed by atoms with Gasteiger partial charge in [0.25, 0.3) is 0 Å². The van der Waals surface area contributed by atoms with Gasteiger partial charge in [-0.3, -0.25) is 14.5 Å². The number of carbonyl (C=O) groups is 2. The lowest BCUT2D eigenvalue weighted by atomic mass is 10.1. The number of methoxy groups -OCH3 is 1. The molecule has 0 saturated carbocycles. The van der Waals surface area contributed by atoms with E-state index < -0.39 is 0 Å². The quantitative estimate of drug-likeness (QED) is 0.780. The first-order chi connectivity index (χ1) is 14.0. The van der Waals surface area contributed by atoms with Gasteiger partial charge in [0.1, 0.15) is 5.75 Å². The van der Waals surface area contributed by atoms with E-state index in [4.69, 9.17) is 4.74 Å². The van der Waals surface area contributed by atoms with Gasteiger partial charge >= 0.3 is 0 Å². The average Bonchev–Trinajstić information content (AvgIpc) is 3.18. The molecule has 1 aliphatic heterocycles. The van der Waals surface area contributed by atoms with Gasteiger partial charge in [0.05, 0.1) is 19.7 Å². The topological polar surface area (TPSA) is 61.9 Å². The second kappa shape index (κ2) is 9.56. The van der Waals surface area contributed by atoms with Crippen LogP contribution in [0.1, 0.15) is 25.3 Å². The number of hydrogen-bond donors (Lipinski definition) is 1. The summed E-state index contributed by atoms with van der Waals surface area (Å²) in [6, 6.07) is 14.9. The zero-order valence-corrected chi connectivity index (χ0v) is 17.4. The Kier molecular flexibility index (Phi) is 6.88. The van der Waals surface area contributed by atoms with Crippen molar-refractivity contribution in [2.45, 2.75) is 32.7 Å². The lowest BCUT2D eigenvalue weighted by Crippen LogP contribution is -2.46. The van der Waals surface area contributed by atoms with Gasteiger partial charge in [-0.05, 0) is 69.1 Å². The molecule has 29 heavy (non-hydrogen) atoms. The molecular weight excluding hydrogens is 366 g/mol. The molecule has 6 nitrogen and oxygen atoms in total. The van der Waals surface area contributed by atoms with Crippen LogP contribution in [0.15, 0.2) is 48.5 Å². The first-order valence-corrected chi connectivity index (χ1v) is 10.1. The Balaban J connectivity index is 1.65. The van der Waals surface area contributed by atoms with E-state index >= 15 is 0 Å². The normalized spacial score (nSPS) is 16.4. The second-order valence-corrected chi connectivity index (χ2v) is 7.27. The van der Waals surface area contributed by atoms with Crippen molar-refractivity contribution in [2.24, 2.45) is 0 Å². The highest BCUT2D eigenvalue weighted by molar-refractivity contribution is 5.98. The lowest BCUT2D eigenvalue weighted by molar-refractivity contribution is -0.123. The van der Waals surface area contributed by atoms with E-state index in [2.05, 4.69) is 5.32 Å². The maximum absolute atomic E-state index is 13.0. The summed E-state index contributed by atoms with van der Waals surface area (Å²) in [6.45, 7) is 5.56. The number of likely N-dealkylation sites (N-methyl/N-ethyl adjacent to an activating group) is 1. The number of nitrogens with one attached hydrogen (secondary N) is 1. The number of hydrogen-bond acceptors (Lipinski definition) is 4. The number of amides is 2. The zero-order chi connectivity index (χ0) is 20.8. The summed E-state index contributed by atoms with van der Waals surface area (Å²) in [7, 11) is 1.61. The lowest BCUT2D eigenvalue weighted by Gasteiger charge is -2.28. The SMILES string of the molecule is CCN(C(=O)CN1CCCC1C(=O)Nc1ccc(OC)cc1)c1ccccc1C. The fourth-order valence-corrected chi connectivity index (χ4v) is 3.82. The summed E-state index contributed by atoms with van der Waals surface area (Å²) in [5.74, 6) is 0.692. The van der Waals surface area contributed by atoms with Crippen molar-refractivity contribution < 1.29 is 14.3 Å². The van der Waals surface area contributed by atoms with Crippen LogP contribution in [0.5, 0.6) is 5.75 Å². The van der Waals surface area contributed by atoms with Crippen molar-refractivity contribution >= 4 is 23.2 Å². The van der Waals surface area contributed by atoms with E-state index in [1.165, 1.54) is 0 Å². The monoisotopic (exact) mass is 395 g/mol. The van der Waals surface area contributed by atoms with Crippen LogP contribution in [0.25, 0.3) is 0 Å². The Morgan fingerprint density at radius 2 is 1.90 bits per heavy atom. The number of para-hydroxylation sites is 1. The molecule has 1 heterocycles. The number of rotatable bonds is 7. The molecule has 1 N–H and O–H groups in total. The van der Waals surface area contributed by atoms with Crippen LogP contribution in [0, 0.1) is 6.92 Å². The molecule has 0 bridgehead atoms. The summed E-state index contributed by atoms with van der Waals surface area (Å²) >= 11 is 0. The average molecular weight is 396 g/mol. The van der Waals surface area contributed by atoms with E-state index in [1.807, 2.05) is 67.3 Å². The van der Waals surface area contributed by atoms with Crippen molar-refractivity contribution in [3.8, 4) is 5.75 Å². The maximum Gasteiger partial charge on any atom is 0.241 e. The van der Waals surface area contributed by atoms with Crippen LogP contribution < -0.4 is 15.0 Å². The molecule has 0 radical (unpaired) electrons. The van der Waals surface area contributed by atoms with E-state index in [0.717, 1.165) is 42.1 Å². The minimum atomic E-state index is -0.295. The van der Waals surface area contributed by atoms with Gasteiger partial charge < -0.3 is 15.0 Å². The molecule has 2 aromatic carbocycles. The smallest absolute Gasteiger partial charge is 0.241 e. The van der Waals surface area contributed by atoms with Crippen LogP contribution in [0.2, 0.25) is 0 Å². The molecule has 0 aliphatic carbocycles. The minimum absolute atomic E-state index is 0.0194. The Morgan fingerprint density at radius 1 is 1.17 bits per heavy atom. The highest BCUT2D eigenvalue weighted by atomic mass is 16.5. The van der Waals surface area contributed by atoms with Crippen LogP contribution in [0.4, 0.5) is 11.4 Å². The molecule has 1 atom stereocenters. The number of carbonyl (C=O) groups excluding carboxylic acids is 2. The maximum atomic E-state index is 13.0. The predicted octanol–water partition coefficient (Wildman–Crippen LogP) is 3.46. The number of anilines is 2. The molecular formula is C23H29N3O3. The number of aryl methyl sites for hydroxylation is 1. The third-order valence-corrected chi connectivity index (χ3v) is 5.39. The minimum Gasteiger partial charge on any atom is -0.497 e. The van der Waals surface area contributed by atoms with Crippen molar-refractivity contribution in [2.75, 3.05) is 37.0 Å². The summed E-state index contributed by atoms with van der Waals surface area (Å²) in [5, 5.41) is 2.96. The van der Waals surface area contributed by atoms with Crippen LogP contribution >= 0.6 is 0 Å². The zero-order valence-electron chi connectivity index (χ0n) is 17.4. The Bertz CT molecular complexity index is 851. The van der Waals surface area contributed by atoms with Gasteiger partial charge in [-0.15, -0.1) is 0 Å². The van der Waals surface area contributed by atoms with Gasteiger partial charge in [0, 0.05) is 17.9 Å². The van der Waals surface area contributed by atoms with Crippen LogP contribution in [-0.4, -0.2) is 49.5 Å². The summed E-state index contributed by atoms with van der Waals surface area (Å²) in [6.07, 6.45) is 1.66. The van der Waals surface area contributed by atoms with Gasteiger partial charge in [0.15, 0.2) is 0 Å². The van der Waals surface area contributed by atoms with Gasteiger partial charge in [0.2, 0.25) is 11.8 Å². The largest absolute Gasteiger partial charge is 0.497 e. The van der Waals surface area contributed by atoms with Gasteiger partial charge in [-0.25, -0.2) is 0 Å². The van der Waals surface area contributed by atoms with Crippen molar-refractivity contribution in [1.29, 1.82) is 0 Å². The van der Waals surface area contributed by atoms with Crippen molar-refractivity contribution in [1.82, 2.24) is 4.90 Å². The first kappa shape index (κ1) is 20.9. The van der Waals surface area contributed by atoms with Crippen molar-refractivity contribution in [3.05, 3.63) is 54.1 Å². The predicted molar refractivity (Wildman–Crippen MR) is 115 cm³/mol. The molecule has 2 aromatic rings. The number of benzene rings is 2. The van der Waals surface area contributed by atoms with E-state index in [-0.39, 0.29) is 24.4 Å². The number of likely N-dealkylation sites (tertiary alicyclic amines) is 1. The van der Waals surface area contributed by atoms with Gasteiger partial charge in [-0.2, -0.15) is 0 Å². The standard InChI is InChI=1S/C23H29N3O3/c1-4-26(20-9-6-5-8-17(20)2)22(27)16-25-15-7-10-21(25)23(28)24-18-11-13-19(29-3)14-12-18/h5-6,8-9,11-14,21H,4,7,10,15-16H2,1-3H3,(H,24,28). The highest BCUT2D eigenvalue weighted by Crippen LogP contribution is 2.23. The fraction of sp³-hybridized carbons (Fsp3) is 0.391. The third kappa shape index (κ3) is 4.95. The fourth-order valence-electron chi connectivity index (χ4n) is 3.82. The summed E-state index contributed by atoms with van der Waals surface area (Å²) < 4.78 is 5.15. The van der Waals surface area contributed by atoms with Crippen LogP contribution in [0.3, 0.4) is 0 Å². The first-order valence-electron chi connectivity index (χ1n) is 10.1. The molecule has 1 aliphatic rings. The molecule has 0 aromatic heterocycles.